The van der Waals surface area contributed by atoms with Gasteiger partial charge in [0.05, 0.1) is 12.0 Å². The molecular weight excluding hydrogens is 228 g/mol. The lowest BCUT2D eigenvalue weighted by Crippen LogP contribution is -2.15. The highest BCUT2D eigenvalue weighted by Crippen LogP contribution is 2.32. The number of aromatic amines is 1. The molecule has 2 aromatic heterocycles. The van der Waals surface area contributed by atoms with Crippen LogP contribution in [-0.4, -0.2) is 42.8 Å². The number of hydrogen-bond donors (Lipinski definition) is 2. The Bertz CT molecular complexity index is 470. The SMILES string of the molecule is OC1CSCC1c1nc(-c2ncc[nH]2)no1. The maximum atomic E-state index is 9.71. The van der Waals surface area contributed by atoms with Gasteiger partial charge in [-0.1, -0.05) is 5.16 Å². The van der Waals surface area contributed by atoms with Crippen molar-refractivity contribution in [1.82, 2.24) is 20.1 Å². The molecule has 1 saturated heterocycles. The van der Waals surface area contributed by atoms with E-state index in [1.807, 2.05) is 0 Å². The molecule has 1 fully saturated rings. The molecule has 1 aliphatic rings. The lowest BCUT2D eigenvalue weighted by atomic mass is 10.1. The molecule has 84 valence electrons. The fourth-order valence-electron chi connectivity index (χ4n) is 1.65. The number of nitrogens with zero attached hydrogens (tertiary/aromatic N) is 3. The molecule has 0 radical (unpaired) electrons. The topological polar surface area (TPSA) is 87.8 Å². The molecule has 0 spiro atoms. The molecule has 16 heavy (non-hydrogen) atoms. The third-order valence-electron chi connectivity index (χ3n) is 2.52. The minimum atomic E-state index is -0.394. The number of imidazole rings is 1. The number of nitrogens with one attached hydrogen (secondary N) is 1. The zero-order valence-corrected chi connectivity index (χ0v) is 9.15. The average Bonchev–Trinajstić information content (AvgIpc) is 2.96. The summed E-state index contributed by atoms with van der Waals surface area (Å²) in [5, 5.41) is 13.5. The first kappa shape index (κ1) is 9.86. The maximum absolute atomic E-state index is 9.71. The Morgan fingerprint density at radius 3 is 3.12 bits per heavy atom. The summed E-state index contributed by atoms with van der Waals surface area (Å²) in [6.07, 6.45) is 2.94. The normalized spacial score (nSPS) is 25.1. The number of aromatic nitrogens is 4. The lowest BCUT2D eigenvalue weighted by Gasteiger charge is -2.06. The molecule has 6 nitrogen and oxygen atoms in total. The Kier molecular flexibility index (Phi) is 2.41. The summed E-state index contributed by atoms with van der Waals surface area (Å²) in [7, 11) is 0. The van der Waals surface area contributed by atoms with Crippen LogP contribution >= 0.6 is 11.8 Å². The molecule has 0 aliphatic carbocycles. The van der Waals surface area contributed by atoms with E-state index in [-0.39, 0.29) is 5.92 Å². The Balaban J connectivity index is 1.88. The number of aliphatic hydroxyl groups excluding tert-OH is 1. The van der Waals surface area contributed by atoms with Crippen molar-refractivity contribution in [2.24, 2.45) is 0 Å². The summed E-state index contributed by atoms with van der Waals surface area (Å²) in [5.41, 5.74) is 0. The molecule has 3 rings (SSSR count). The van der Waals surface area contributed by atoms with Gasteiger partial charge < -0.3 is 14.6 Å². The molecule has 2 aromatic rings. The van der Waals surface area contributed by atoms with Crippen molar-refractivity contribution >= 4 is 11.8 Å². The van der Waals surface area contributed by atoms with Gasteiger partial charge in [0.1, 0.15) is 0 Å². The van der Waals surface area contributed by atoms with E-state index in [0.717, 1.165) is 11.5 Å². The Labute approximate surface area is 95.5 Å². The van der Waals surface area contributed by atoms with Gasteiger partial charge in [0, 0.05) is 23.9 Å². The highest BCUT2D eigenvalue weighted by molar-refractivity contribution is 7.99. The molecule has 0 bridgehead atoms. The van der Waals surface area contributed by atoms with Crippen molar-refractivity contribution < 1.29 is 9.63 Å². The zero-order chi connectivity index (χ0) is 11.0. The predicted molar refractivity (Wildman–Crippen MR) is 58.0 cm³/mol. The van der Waals surface area contributed by atoms with Crippen molar-refractivity contribution in [3.8, 4) is 11.6 Å². The van der Waals surface area contributed by atoms with Crippen molar-refractivity contribution in [3.05, 3.63) is 18.3 Å². The highest BCUT2D eigenvalue weighted by Gasteiger charge is 2.32. The second kappa shape index (κ2) is 3.91. The molecule has 3 heterocycles. The Morgan fingerprint density at radius 1 is 1.50 bits per heavy atom. The first-order valence-electron chi connectivity index (χ1n) is 4.94. The summed E-state index contributed by atoms with van der Waals surface area (Å²) < 4.78 is 5.15. The number of rotatable bonds is 2. The van der Waals surface area contributed by atoms with E-state index in [0.29, 0.717) is 17.5 Å². The van der Waals surface area contributed by atoms with Gasteiger partial charge in [0.25, 0.3) is 0 Å². The number of aliphatic hydroxyl groups is 1. The molecule has 0 aromatic carbocycles. The van der Waals surface area contributed by atoms with Crippen molar-refractivity contribution in [1.29, 1.82) is 0 Å². The second-order valence-electron chi connectivity index (χ2n) is 3.61. The monoisotopic (exact) mass is 238 g/mol. The van der Waals surface area contributed by atoms with Crippen LogP contribution in [0.2, 0.25) is 0 Å². The van der Waals surface area contributed by atoms with E-state index in [9.17, 15) is 5.11 Å². The third-order valence-corrected chi connectivity index (χ3v) is 3.69. The summed E-state index contributed by atoms with van der Waals surface area (Å²) in [6.45, 7) is 0. The van der Waals surface area contributed by atoms with Crippen molar-refractivity contribution in [2.45, 2.75) is 12.0 Å². The van der Waals surface area contributed by atoms with E-state index in [1.54, 1.807) is 24.2 Å². The summed E-state index contributed by atoms with van der Waals surface area (Å²) in [6, 6.07) is 0. The standard InChI is InChI=1S/C9H10N4O2S/c14-6-4-16-3-5(6)9-12-8(13-15-9)7-10-1-2-11-7/h1-2,5-6,14H,3-4H2,(H,10,11). The maximum Gasteiger partial charge on any atom is 0.238 e. The minimum Gasteiger partial charge on any atom is -0.391 e. The van der Waals surface area contributed by atoms with E-state index >= 15 is 0 Å². The van der Waals surface area contributed by atoms with Crippen LogP contribution in [0.4, 0.5) is 0 Å². The van der Waals surface area contributed by atoms with Crippen LogP contribution in [0.3, 0.4) is 0 Å². The fraction of sp³-hybridized carbons (Fsp3) is 0.444. The summed E-state index contributed by atoms with van der Waals surface area (Å²) in [5.74, 6) is 2.99. The lowest BCUT2D eigenvalue weighted by molar-refractivity contribution is 0.164. The number of H-pyrrole nitrogens is 1. The van der Waals surface area contributed by atoms with Gasteiger partial charge in [-0.2, -0.15) is 16.7 Å². The smallest absolute Gasteiger partial charge is 0.238 e. The second-order valence-corrected chi connectivity index (χ2v) is 4.68. The molecule has 2 atom stereocenters. The van der Waals surface area contributed by atoms with Crippen LogP contribution in [0, 0.1) is 0 Å². The van der Waals surface area contributed by atoms with Gasteiger partial charge in [-0.25, -0.2) is 4.98 Å². The van der Waals surface area contributed by atoms with Gasteiger partial charge in [-0.05, 0) is 0 Å². The van der Waals surface area contributed by atoms with Gasteiger partial charge in [-0.15, -0.1) is 0 Å². The quantitative estimate of drug-likeness (QED) is 0.798. The third kappa shape index (κ3) is 1.61. The summed E-state index contributed by atoms with van der Waals surface area (Å²) in [4.78, 5) is 11.2. The van der Waals surface area contributed by atoms with Gasteiger partial charge in [0.15, 0.2) is 5.82 Å². The zero-order valence-electron chi connectivity index (χ0n) is 8.33. The average molecular weight is 238 g/mol. The van der Waals surface area contributed by atoms with Gasteiger partial charge in [0.2, 0.25) is 11.7 Å². The van der Waals surface area contributed by atoms with Crippen LogP contribution in [-0.2, 0) is 0 Å². The van der Waals surface area contributed by atoms with E-state index in [1.165, 1.54) is 0 Å². The first-order chi connectivity index (χ1) is 7.84. The molecule has 2 N–H and O–H groups in total. The number of hydrogen-bond acceptors (Lipinski definition) is 6. The molecule has 0 amide bonds. The predicted octanol–water partition coefficient (Wildman–Crippen LogP) is 0.651. The minimum absolute atomic E-state index is 0.0544. The van der Waals surface area contributed by atoms with Crippen LogP contribution in [0.25, 0.3) is 11.6 Å². The molecular formula is C9H10N4O2S. The molecule has 2 unspecified atom stereocenters. The van der Waals surface area contributed by atoms with Crippen LogP contribution in [0.5, 0.6) is 0 Å². The molecule has 1 aliphatic heterocycles. The molecule has 0 saturated carbocycles. The van der Waals surface area contributed by atoms with Crippen molar-refractivity contribution in [3.63, 3.8) is 0 Å². The van der Waals surface area contributed by atoms with Crippen LogP contribution in [0.1, 0.15) is 11.8 Å². The van der Waals surface area contributed by atoms with E-state index < -0.39 is 6.10 Å². The summed E-state index contributed by atoms with van der Waals surface area (Å²) >= 11 is 1.69. The fourth-order valence-corrected chi connectivity index (χ4v) is 2.88. The van der Waals surface area contributed by atoms with E-state index in [2.05, 4.69) is 20.1 Å². The van der Waals surface area contributed by atoms with Gasteiger partial charge in [-0.3, -0.25) is 0 Å². The highest BCUT2D eigenvalue weighted by atomic mass is 32.2. The van der Waals surface area contributed by atoms with Crippen LogP contribution in [0.15, 0.2) is 16.9 Å². The van der Waals surface area contributed by atoms with E-state index in [4.69, 9.17) is 4.52 Å². The van der Waals surface area contributed by atoms with Crippen LogP contribution < -0.4 is 0 Å². The number of thioether (sulfide) groups is 1. The largest absolute Gasteiger partial charge is 0.391 e. The Morgan fingerprint density at radius 2 is 2.44 bits per heavy atom. The first-order valence-corrected chi connectivity index (χ1v) is 6.09. The molecule has 7 heteroatoms. The Hall–Kier alpha value is -1.34. The van der Waals surface area contributed by atoms with Gasteiger partial charge >= 0.3 is 0 Å². The van der Waals surface area contributed by atoms with Crippen molar-refractivity contribution in [2.75, 3.05) is 11.5 Å².